The third kappa shape index (κ3) is 16.2. The number of methoxy groups -OCH3 is 4. The van der Waals surface area contributed by atoms with Crippen LogP contribution >= 0.6 is 0 Å². The van der Waals surface area contributed by atoms with Crippen molar-refractivity contribution >= 4 is 43.9 Å². The normalized spacial score (nSPS) is 11.9. The lowest BCUT2D eigenvalue weighted by atomic mass is 10.0. The Kier molecular flexibility index (Phi) is 21.3. The van der Waals surface area contributed by atoms with Crippen LogP contribution in [0.25, 0.3) is 21.8 Å². The highest BCUT2D eigenvalue weighted by atomic mass is 32.2. The number of aromatic carboxylic acids is 1. The van der Waals surface area contributed by atoms with E-state index in [2.05, 4.69) is 0 Å². The minimum absolute atomic E-state index is 0.0295. The van der Waals surface area contributed by atoms with E-state index in [4.69, 9.17) is 52.1 Å². The second-order valence-corrected chi connectivity index (χ2v) is 16.0. The molecule has 0 saturated heterocycles. The van der Waals surface area contributed by atoms with Gasteiger partial charge in [-0.3, -0.25) is 4.55 Å². The summed E-state index contributed by atoms with van der Waals surface area (Å²) in [4.78, 5) is 26.7. The van der Waals surface area contributed by atoms with Crippen LogP contribution in [0.15, 0.2) is 48.5 Å². The van der Waals surface area contributed by atoms with E-state index in [0.29, 0.717) is 97.3 Å². The molecule has 1 heterocycles. The van der Waals surface area contributed by atoms with E-state index in [-0.39, 0.29) is 56.3 Å². The summed E-state index contributed by atoms with van der Waals surface area (Å²) in [5, 5.41) is 10.4. The number of hydrogen-bond donors (Lipinski definition) is 2. The summed E-state index contributed by atoms with van der Waals surface area (Å²) in [6.07, 6.45) is -1.16. The summed E-state index contributed by atoms with van der Waals surface area (Å²) in [7, 11) is 1.98. The number of fused-ring (bicyclic) bond motifs is 2. The van der Waals surface area contributed by atoms with Gasteiger partial charge in [-0.05, 0) is 61.4 Å². The van der Waals surface area contributed by atoms with Crippen LogP contribution in [-0.4, -0.2) is 156 Å². The number of carbonyl (C=O) groups is 2. The highest BCUT2D eigenvalue weighted by Gasteiger charge is 2.29. The third-order valence-electron chi connectivity index (χ3n) is 9.49. The van der Waals surface area contributed by atoms with Crippen molar-refractivity contribution in [2.45, 2.75) is 39.0 Å². The Hall–Kier alpha value is -4.54. The molecule has 0 saturated carbocycles. The molecule has 63 heavy (non-hydrogen) atoms. The van der Waals surface area contributed by atoms with Crippen LogP contribution in [0.5, 0.6) is 17.2 Å². The largest absolute Gasteiger partial charge is 0.486 e. The molecule has 348 valence electrons. The first-order valence-corrected chi connectivity index (χ1v) is 22.0. The van der Waals surface area contributed by atoms with E-state index in [0.717, 1.165) is 0 Å². The van der Waals surface area contributed by atoms with Gasteiger partial charge in [0.05, 0.1) is 107 Å². The summed E-state index contributed by atoms with van der Waals surface area (Å²) in [5.74, 6) is -1.54. The number of pyridine rings is 1. The average molecular weight is 907 g/mol. The second kappa shape index (κ2) is 26.3. The van der Waals surface area contributed by atoms with Crippen molar-refractivity contribution in [3.05, 3.63) is 70.8 Å². The fourth-order valence-corrected chi connectivity index (χ4v) is 7.11. The number of hydrogen-bond acceptors (Lipinski definition) is 15. The molecule has 0 aliphatic rings. The molecule has 19 heteroatoms. The molecule has 0 aliphatic heterocycles. The smallest absolute Gasteiger partial charge is 0.345 e. The maximum absolute atomic E-state index is 14.8. The van der Waals surface area contributed by atoms with Crippen molar-refractivity contribution in [2.75, 3.05) is 113 Å². The SMILES string of the molecule is COCCOCC(COCCOC)Oc1ccc2c(c1)c(C(=O)Oc1c(C)cc(C(=O)O)cc1C)c1cc(OC(COCCOC)COCCOC)ccc1[n+]2CCCS(=O)(=O)O. The fourth-order valence-electron chi connectivity index (χ4n) is 6.61. The van der Waals surface area contributed by atoms with Gasteiger partial charge in [0, 0.05) is 47.0 Å². The van der Waals surface area contributed by atoms with Crippen molar-refractivity contribution in [1.29, 1.82) is 0 Å². The molecule has 0 aliphatic carbocycles. The summed E-state index contributed by atoms with van der Waals surface area (Å²) < 4.78 is 98.0. The first kappa shape index (κ1) is 51.1. The molecule has 0 atom stereocenters. The van der Waals surface area contributed by atoms with E-state index in [9.17, 15) is 27.7 Å². The fraction of sp³-hybridized carbons (Fsp3) is 0.523. The monoisotopic (exact) mass is 906 g/mol. The van der Waals surface area contributed by atoms with Crippen molar-refractivity contribution in [3.63, 3.8) is 0 Å². The van der Waals surface area contributed by atoms with Crippen LogP contribution in [0.4, 0.5) is 0 Å². The third-order valence-corrected chi connectivity index (χ3v) is 10.3. The van der Waals surface area contributed by atoms with Gasteiger partial charge in [0.25, 0.3) is 10.1 Å². The van der Waals surface area contributed by atoms with Gasteiger partial charge in [-0.1, -0.05) is 0 Å². The number of rotatable bonds is 31. The molecule has 18 nitrogen and oxygen atoms in total. The van der Waals surface area contributed by atoms with Crippen molar-refractivity contribution in [3.8, 4) is 17.2 Å². The Bertz CT molecular complexity index is 2060. The molecule has 3 aromatic carbocycles. The Morgan fingerprint density at radius 1 is 0.635 bits per heavy atom. The molecule has 0 radical (unpaired) electrons. The van der Waals surface area contributed by atoms with Crippen LogP contribution < -0.4 is 18.8 Å². The van der Waals surface area contributed by atoms with E-state index in [1.165, 1.54) is 12.1 Å². The summed E-state index contributed by atoms with van der Waals surface area (Å²) in [5.41, 5.74) is 2.02. The van der Waals surface area contributed by atoms with E-state index >= 15 is 0 Å². The molecular weight excluding hydrogens is 847 g/mol. The van der Waals surface area contributed by atoms with E-state index in [1.54, 1.807) is 78.7 Å². The highest BCUT2D eigenvalue weighted by Crippen LogP contribution is 2.34. The molecule has 0 bridgehead atoms. The quantitative estimate of drug-likeness (QED) is 0.0180. The number of nitrogens with zero attached hydrogens (tertiary/aromatic N) is 1. The Morgan fingerprint density at radius 2 is 1.05 bits per heavy atom. The average Bonchev–Trinajstić information content (AvgIpc) is 3.24. The first-order chi connectivity index (χ1) is 30.3. The predicted molar refractivity (Wildman–Crippen MR) is 230 cm³/mol. The zero-order valence-corrected chi connectivity index (χ0v) is 37.6. The van der Waals surface area contributed by atoms with Gasteiger partial charge in [0.2, 0.25) is 11.0 Å². The minimum atomic E-state index is -4.30. The maximum atomic E-state index is 14.8. The van der Waals surface area contributed by atoms with Gasteiger partial charge in [0.1, 0.15) is 29.5 Å². The van der Waals surface area contributed by atoms with Gasteiger partial charge >= 0.3 is 11.9 Å². The Balaban J connectivity index is 1.93. The van der Waals surface area contributed by atoms with Gasteiger partial charge in [-0.15, -0.1) is 0 Å². The zero-order chi connectivity index (χ0) is 45.8. The highest BCUT2D eigenvalue weighted by molar-refractivity contribution is 7.85. The number of aryl methyl sites for hydroxylation is 3. The van der Waals surface area contributed by atoms with Gasteiger partial charge in [0.15, 0.2) is 6.54 Å². The Morgan fingerprint density at radius 3 is 1.41 bits per heavy atom. The molecule has 0 spiro atoms. The lowest BCUT2D eigenvalue weighted by molar-refractivity contribution is -0.645. The number of benzene rings is 3. The standard InChI is InChI=1S/C44H59NO17S/c1-30-22-32(43(46)47)23-31(2)42(30)62-44(48)41-37-24-33(60-35(26-56-17-13-52-3)27-57-18-14-53-4)8-10-39(37)45(12-7-21-63(49,50)51)40-11-9-34(25-38(40)41)61-36(28-58-19-15-54-5)29-59-20-16-55-6/h8-11,22-25,35-36H,7,12-21,26-29H2,1-6H3,(H-,46,47,49,50,51)/p+1. The number of carbonyl (C=O) groups excluding carboxylic acids is 1. The minimum Gasteiger partial charge on any atom is -0.486 e. The van der Waals surface area contributed by atoms with Crippen LogP contribution in [0.1, 0.15) is 38.3 Å². The maximum Gasteiger partial charge on any atom is 0.345 e. The summed E-state index contributed by atoms with van der Waals surface area (Å²) in [6, 6.07) is 13.1. The molecule has 0 unspecified atom stereocenters. The molecule has 4 rings (SSSR count). The molecular formula is C44H60NO17S+. The molecule has 1 aromatic heterocycles. The molecule has 2 N–H and O–H groups in total. The second-order valence-electron chi connectivity index (χ2n) is 14.4. The van der Waals surface area contributed by atoms with Crippen LogP contribution in [0, 0.1) is 13.8 Å². The van der Waals surface area contributed by atoms with Crippen LogP contribution in [0.2, 0.25) is 0 Å². The number of carboxylic acid groups (broad SMARTS) is 1. The lowest BCUT2D eigenvalue weighted by Crippen LogP contribution is -2.37. The molecule has 0 amide bonds. The van der Waals surface area contributed by atoms with E-state index < -0.39 is 40.0 Å². The first-order valence-electron chi connectivity index (χ1n) is 20.3. The Labute approximate surface area is 367 Å². The summed E-state index contributed by atoms with van der Waals surface area (Å²) in [6.45, 7) is 6.74. The van der Waals surface area contributed by atoms with Crippen molar-refractivity contribution in [2.24, 2.45) is 0 Å². The van der Waals surface area contributed by atoms with Crippen molar-refractivity contribution in [1.82, 2.24) is 0 Å². The van der Waals surface area contributed by atoms with Gasteiger partial charge in [-0.25, -0.2) is 9.59 Å². The van der Waals surface area contributed by atoms with E-state index in [1.807, 2.05) is 4.57 Å². The van der Waals surface area contributed by atoms with Gasteiger partial charge in [-0.2, -0.15) is 13.0 Å². The number of esters is 1. The predicted octanol–water partition coefficient (Wildman–Crippen LogP) is 4.24. The topological polar surface area (TPSA) is 214 Å². The van der Waals surface area contributed by atoms with Crippen LogP contribution in [-0.2, 0) is 54.6 Å². The zero-order valence-electron chi connectivity index (χ0n) is 36.8. The number of ether oxygens (including phenoxy) is 11. The summed E-state index contributed by atoms with van der Waals surface area (Å²) >= 11 is 0. The molecule has 0 fully saturated rings. The number of carboxylic acids is 1. The van der Waals surface area contributed by atoms with Crippen molar-refractivity contribution < 1.29 is 84.3 Å². The van der Waals surface area contributed by atoms with Gasteiger partial charge < -0.3 is 57.2 Å². The molecule has 4 aromatic rings. The lowest BCUT2D eigenvalue weighted by Gasteiger charge is -2.21. The van der Waals surface area contributed by atoms with Crippen LogP contribution in [0.3, 0.4) is 0 Å². The number of aromatic nitrogens is 1.